The van der Waals surface area contributed by atoms with Crippen molar-refractivity contribution in [3.05, 3.63) is 35.6 Å². The Morgan fingerprint density at radius 1 is 1.20 bits per heavy atom. The molecule has 84 valence electrons. The summed E-state index contributed by atoms with van der Waals surface area (Å²) in [7, 11) is 0. The van der Waals surface area contributed by atoms with Crippen molar-refractivity contribution in [3.63, 3.8) is 0 Å². The molecule has 0 saturated carbocycles. The molecule has 0 radical (unpaired) electrons. The van der Waals surface area contributed by atoms with Gasteiger partial charge in [-0.15, -0.1) is 0 Å². The van der Waals surface area contributed by atoms with E-state index in [2.05, 4.69) is 52.3 Å². The molecular formula is C14H23N. The molecule has 0 heterocycles. The highest BCUT2D eigenvalue weighted by molar-refractivity contribution is 6.12. The number of rotatable bonds is 4. The first-order chi connectivity index (χ1) is 6.95. The summed E-state index contributed by atoms with van der Waals surface area (Å²) in [4.78, 5) is 4.35. The standard InChI is InChI=1S/C14H23N/c1-8-11(5)14(15-9-2)13(7)12(6)10(3)4/h8-10H,2H2,1,3-7H3/b11-8-,13-12+,15-14-. The van der Waals surface area contributed by atoms with Crippen LogP contribution in [0.1, 0.15) is 41.5 Å². The Labute approximate surface area is 94.3 Å². The lowest BCUT2D eigenvalue weighted by atomic mass is 9.94. The largest absolute Gasteiger partial charge is 0.257 e. The van der Waals surface area contributed by atoms with Crippen molar-refractivity contribution in [2.45, 2.75) is 41.5 Å². The summed E-state index contributed by atoms with van der Waals surface area (Å²) in [5, 5.41) is 0. The van der Waals surface area contributed by atoms with Crippen molar-refractivity contribution >= 4 is 5.71 Å². The number of hydrogen-bond acceptors (Lipinski definition) is 1. The average Bonchev–Trinajstić information content (AvgIpc) is 2.22. The van der Waals surface area contributed by atoms with Crippen molar-refractivity contribution in [2.75, 3.05) is 0 Å². The molecule has 0 saturated heterocycles. The first-order valence-electron chi connectivity index (χ1n) is 5.45. The van der Waals surface area contributed by atoms with E-state index in [-0.39, 0.29) is 0 Å². The van der Waals surface area contributed by atoms with Crippen LogP contribution in [0.25, 0.3) is 0 Å². The fourth-order valence-electron chi connectivity index (χ4n) is 1.34. The van der Waals surface area contributed by atoms with Crippen LogP contribution >= 0.6 is 0 Å². The van der Waals surface area contributed by atoms with Gasteiger partial charge in [0.1, 0.15) is 0 Å². The maximum absolute atomic E-state index is 4.35. The molecule has 0 amide bonds. The predicted octanol–water partition coefficient (Wildman–Crippen LogP) is 4.53. The molecule has 0 spiro atoms. The van der Waals surface area contributed by atoms with Crippen LogP contribution < -0.4 is 0 Å². The molecule has 0 aromatic heterocycles. The maximum Gasteiger partial charge on any atom is 0.0683 e. The first kappa shape index (κ1) is 13.9. The van der Waals surface area contributed by atoms with Gasteiger partial charge in [0.15, 0.2) is 0 Å². The zero-order valence-electron chi connectivity index (χ0n) is 10.9. The highest BCUT2D eigenvalue weighted by Crippen LogP contribution is 2.18. The first-order valence-corrected chi connectivity index (χ1v) is 5.45. The van der Waals surface area contributed by atoms with E-state index in [0.717, 1.165) is 5.71 Å². The number of hydrogen-bond donors (Lipinski definition) is 0. The summed E-state index contributed by atoms with van der Waals surface area (Å²) in [5.41, 5.74) is 4.91. The van der Waals surface area contributed by atoms with Gasteiger partial charge < -0.3 is 0 Å². The van der Waals surface area contributed by atoms with E-state index < -0.39 is 0 Å². The maximum atomic E-state index is 4.35. The van der Waals surface area contributed by atoms with Gasteiger partial charge in [0.2, 0.25) is 0 Å². The number of allylic oxidation sites excluding steroid dienone is 4. The van der Waals surface area contributed by atoms with E-state index in [0.29, 0.717) is 5.92 Å². The third kappa shape index (κ3) is 3.86. The van der Waals surface area contributed by atoms with Crippen molar-refractivity contribution in [1.29, 1.82) is 0 Å². The molecule has 0 aliphatic heterocycles. The van der Waals surface area contributed by atoms with Crippen molar-refractivity contribution in [3.8, 4) is 0 Å². The van der Waals surface area contributed by atoms with Crippen LogP contribution in [-0.2, 0) is 0 Å². The van der Waals surface area contributed by atoms with Gasteiger partial charge in [0.25, 0.3) is 0 Å². The molecule has 15 heavy (non-hydrogen) atoms. The predicted molar refractivity (Wildman–Crippen MR) is 70.3 cm³/mol. The molecular weight excluding hydrogens is 182 g/mol. The van der Waals surface area contributed by atoms with E-state index in [1.807, 2.05) is 6.92 Å². The van der Waals surface area contributed by atoms with Gasteiger partial charge in [-0.3, -0.25) is 4.99 Å². The normalized spacial score (nSPS) is 15.4. The molecule has 0 bridgehead atoms. The lowest BCUT2D eigenvalue weighted by Gasteiger charge is -2.13. The van der Waals surface area contributed by atoms with Crippen molar-refractivity contribution in [1.82, 2.24) is 0 Å². The van der Waals surface area contributed by atoms with Gasteiger partial charge in [0, 0.05) is 6.20 Å². The summed E-state index contributed by atoms with van der Waals surface area (Å²) >= 11 is 0. The molecule has 0 aliphatic carbocycles. The lowest BCUT2D eigenvalue weighted by molar-refractivity contribution is 0.762. The summed E-state index contributed by atoms with van der Waals surface area (Å²) in [5.74, 6) is 0.560. The second kappa shape index (κ2) is 6.39. The molecule has 0 atom stereocenters. The van der Waals surface area contributed by atoms with Crippen LogP contribution in [0, 0.1) is 5.92 Å². The van der Waals surface area contributed by atoms with Crippen LogP contribution in [-0.4, -0.2) is 5.71 Å². The molecule has 0 aromatic carbocycles. The Bertz CT molecular complexity index is 314. The van der Waals surface area contributed by atoms with E-state index in [1.54, 1.807) is 6.20 Å². The molecule has 1 heteroatoms. The van der Waals surface area contributed by atoms with Crippen molar-refractivity contribution in [2.24, 2.45) is 10.9 Å². The van der Waals surface area contributed by atoms with Gasteiger partial charge in [-0.2, -0.15) is 0 Å². The highest BCUT2D eigenvalue weighted by Gasteiger charge is 2.09. The Kier molecular flexibility index (Phi) is 5.92. The minimum atomic E-state index is 0.560. The summed E-state index contributed by atoms with van der Waals surface area (Å²) in [6.07, 6.45) is 3.69. The smallest absolute Gasteiger partial charge is 0.0683 e. The second-order valence-electron chi connectivity index (χ2n) is 4.09. The molecule has 0 unspecified atom stereocenters. The topological polar surface area (TPSA) is 12.4 Å². The van der Waals surface area contributed by atoms with E-state index in [4.69, 9.17) is 0 Å². The highest BCUT2D eigenvalue weighted by atomic mass is 14.7. The zero-order chi connectivity index (χ0) is 12.0. The fourth-order valence-corrected chi connectivity index (χ4v) is 1.34. The van der Waals surface area contributed by atoms with E-state index >= 15 is 0 Å². The van der Waals surface area contributed by atoms with Crippen LogP contribution in [0.4, 0.5) is 0 Å². The quantitative estimate of drug-likeness (QED) is 0.598. The van der Waals surface area contributed by atoms with Crippen LogP contribution in [0.15, 0.2) is 40.6 Å². The van der Waals surface area contributed by atoms with Gasteiger partial charge >= 0.3 is 0 Å². The Hall–Kier alpha value is -1.11. The minimum Gasteiger partial charge on any atom is -0.257 e. The average molecular weight is 205 g/mol. The lowest BCUT2D eigenvalue weighted by Crippen LogP contribution is -2.06. The Morgan fingerprint density at radius 3 is 2.07 bits per heavy atom. The second-order valence-corrected chi connectivity index (χ2v) is 4.09. The Balaban J connectivity index is 5.40. The number of aliphatic imine (C=N–C) groups is 1. The molecule has 0 aliphatic rings. The summed E-state index contributed by atoms with van der Waals surface area (Å²) in [6, 6.07) is 0. The fraction of sp³-hybridized carbons (Fsp3) is 0.500. The van der Waals surface area contributed by atoms with Gasteiger partial charge in [-0.25, -0.2) is 0 Å². The molecule has 0 rings (SSSR count). The summed E-state index contributed by atoms with van der Waals surface area (Å²) in [6.45, 7) is 16.5. The van der Waals surface area contributed by atoms with E-state index in [1.165, 1.54) is 16.7 Å². The van der Waals surface area contributed by atoms with Crippen molar-refractivity contribution < 1.29 is 0 Å². The Morgan fingerprint density at radius 2 is 1.73 bits per heavy atom. The third-order valence-corrected chi connectivity index (χ3v) is 2.84. The monoisotopic (exact) mass is 205 g/mol. The van der Waals surface area contributed by atoms with Crippen LogP contribution in [0.2, 0.25) is 0 Å². The van der Waals surface area contributed by atoms with Crippen LogP contribution in [0.3, 0.4) is 0 Å². The molecule has 0 fully saturated rings. The van der Waals surface area contributed by atoms with Gasteiger partial charge in [-0.1, -0.05) is 32.1 Å². The molecule has 0 N–H and O–H groups in total. The van der Waals surface area contributed by atoms with E-state index in [9.17, 15) is 0 Å². The SMILES string of the molecule is C=C/N=C(C(/C)=C\C)\C(C)=C(/C)C(C)C. The number of nitrogens with zero attached hydrogens (tertiary/aromatic N) is 1. The zero-order valence-corrected chi connectivity index (χ0v) is 10.9. The molecule has 1 nitrogen and oxygen atoms in total. The van der Waals surface area contributed by atoms with Crippen LogP contribution in [0.5, 0.6) is 0 Å². The molecule has 0 aromatic rings. The third-order valence-electron chi connectivity index (χ3n) is 2.84. The van der Waals surface area contributed by atoms with Gasteiger partial charge in [-0.05, 0) is 44.8 Å². The van der Waals surface area contributed by atoms with Gasteiger partial charge in [0.05, 0.1) is 5.71 Å². The summed E-state index contributed by atoms with van der Waals surface area (Å²) < 4.78 is 0. The minimum absolute atomic E-state index is 0.560.